The summed E-state index contributed by atoms with van der Waals surface area (Å²) in [4.78, 5) is 0. The molecule has 1 aromatic carbocycles. The number of quaternary nitrogens is 1. The number of hydrogen-bond acceptors (Lipinski definition) is 0. The third kappa shape index (κ3) is 3.60. The summed E-state index contributed by atoms with van der Waals surface area (Å²) in [5, 5.41) is 0. The van der Waals surface area contributed by atoms with Crippen molar-refractivity contribution in [3.63, 3.8) is 0 Å². The Morgan fingerprint density at radius 1 is 1.15 bits per heavy atom. The van der Waals surface area contributed by atoms with Crippen molar-refractivity contribution in [2.24, 2.45) is 0 Å². The molecule has 1 heteroatoms. The molecule has 0 radical (unpaired) electrons. The van der Waals surface area contributed by atoms with E-state index >= 15 is 0 Å². The fourth-order valence-corrected chi connectivity index (χ4v) is 1.61. The smallest absolute Gasteiger partial charge is 0.0800 e. The molecule has 0 aliphatic heterocycles. The number of benzene rings is 1. The Balaban J connectivity index is 2.58. The van der Waals surface area contributed by atoms with Crippen LogP contribution in [0.25, 0.3) is 0 Å². The molecule has 0 N–H and O–H groups in total. The van der Waals surface area contributed by atoms with Crippen LogP contribution in [0, 0.1) is 6.54 Å². The fraction of sp³-hybridized carbons (Fsp3) is 0.417. The number of nitrogens with zero attached hydrogens (tertiary/aromatic N) is 1. The van der Waals surface area contributed by atoms with Gasteiger partial charge in [0.05, 0.1) is 6.54 Å². The average molecular weight is 177 g/mol. The molecule has 0 amide bonds. The monoisotopic (exact) mass is 177 g/mol. The van der Waals surface area contributed by atoms with Crippen LogP contribution in [0.5, 0.6) is 0 Å². The largest absolute Gasteiger partial charge is 0.456 e. The third-order valence-corrected chi connectivity index (χ3v) is 2.11. The maximum Gasteiger partial charge on any atom is 0.0800 e. The molecule has 0 saturated carbocycles. The van der Waals surface area contributed by atoms with Gasteiger partial charge in [-0.15, -0.1) is 13.0 Å². The van der Waals surface area contributed by atoms with Crippen molar-refractivity contribution in [3.05, 3.63) is 42.4 Å². The van der Waals surface area contributed by atoms with E-state index in [1.807, 2.05) is 0 Å². The lowest BCUT2D eigenvalue weighted by Crippen LogP contribution is -2.35. The second-order valence-electron chi connectivity index (χ2n) is 4.01. The molecule has 72 valence electrons. The highest BCUT2D eigenvalue weighted by atomic mass is 15.3. The summed E-state index contributed by atoms with van der Waals surface area (Å²) in [5.74, 6) is 0. The Labute approximate surface area is 81.6 Å². The predicted octanol–water partition coefficient (Wildman–Crippen LogP) is 2.83. The molecule has 1 nitrogen and oxygen atoms in total. The first-order chi connectivity index (χ1) is 6.14. The predicted molar refractivity (Wildman–Crippen MR) is 56.8 cm³/mol. The summed E-state index contributed by atoms with van der Waals surface area (Å²) in [6, 6.07) is 10.6. The molecule has 1 rings (SSSR count). The van der Waals surface area contributed by atoms with Gasteiger partial charge in [0.2, 0.25) is 0 Å². The Hall–Kier alpha value is -0.820. The van der Waals surface area contributed by atoms with Crippen LogP contribution in [0.15, 0.2) is 30.3 Å². The maximum absolute atomic E-state index is 2.33. The van der Waals surface area contributed by atoms with E-state index in [2.05, 4.69) is 57.9 Å². The second kappa shape index (κ2) is 4.43. The molecule has 13 heavy (non-hydrogen) atoms. The molecule has 0 atom stereocenters. The molecular weight excluding hydrogens is 158 g/mol. The van der Waals surface area contributed by atoms with E-state index in [0.29, 0.717) is 0 Å². The van der Waals surface area contributed by atoms with Crippen LogP contribution in [0.2, 0.25) is 0 Å². The van der Waals surface area contributed by atoms with E-state index in [9.17, 15) is 0 Å². The van der Waals surface area contributed by atoms with Crippen LogP contribution in [0.3, 0.4) is 0 Å². The summed E-state index contributed by atoms with van der Waals surface area (Å²) in [6.07, 6.45) is 1.12. The van der Waals surface area contributed by atoms with Gasteiger partial charge in [0.1, 0.15) is 0 Å². The van der Waals surface area contributed by atoms with E-state index in [1.54, 1.807) is 0 Å². The SMILES string of the molecule is CC[CH-][N+](C)(C)Cc1ccccc1. The van der Waals surface area contributed by atoms with Gasteiger partial charge < -0.3 is 4.48 Å². The van der Waals surface area contributed by atoms with E-state index in [0.717, 1.165) is 17.4 Å². The van der Waals surface area contributed by atoms with E-state index in [4.69, 9.17) is 0 Å². The van der Waals surface area contributed by atoms with Crippen LogP contribution in [0.4, 0.5) is 0 Å². The van der Waals surface area contributed by atoms with Gasteiger partial charge in [-0.3, -0.25) is 0 Å². The van der Waals surface area contributed by atoms with Gasteiger partial charge in [0.25, 0.3) is 0 Å². The van der Waals surface area contributed by atoms with Crippen molar-refractivity contribution in [1.29, 1.82) is 0 Å². The van der Waals surface area contributed by atoms with Crippen molar-refractivity contribution in [3.8, 4) is 0 Å². The van der Waals surface area contributed by atoms with Crippen LogP contribution in [0.1, 0.15) is 18.9 Å². The number of rotatable bonds is 4. The molecular formula is C12H19N. The Morgan fingerprint density at radius 2 is 1.77 bits per heavy atom. The molecule has 1 aromatic rings. The fourth-order valence-electron chi connectivity index (χ4n) is 1.61. The molecule has 0 aliphatic carbocycles. The Kier molecular flexibility index (Phi) is 3.49. The first-order valence-electron chi connectivity index (χ1n) is 4.85. The summed E-state index contributed by atoms with van der Waals surface area (Å²) >= 11 is 0. The molecule has 0 aromatic heterocycles. The zero-order valence-corrected chi connectivity index (χ0v) is 8.83. The molecule has 0 heterocycles. The van der Waals surface area contributed by atoms with Crippen molar-refractivity contribution in [1.82, 2.24) is 0 Å². The highest BCUT2D eigenvalue weighted by Crippen LogP contribution is 2.12. The summed E-state index contributed by atoms with van der Waals surface area (Å²) in [6.45, 7) is 5.59. The van der Waals surface area contributed by atoms with Gasteiger partial charge in [-0.05, 0) is 0 Å². The molecule has 0 fully saturated rings. The van der Waals surface area contributed by atoms with Crippen molar-refractivity contribution in [2.75, 3.05) is 14.1 Å². The van der Waals surface area contributed by atoms with Gasteiger partial charge in [-0.1, -0.05) is 37.3 Å². The lowest BCUT2D eigenvalue weighted by atomic mass is 10.2. The van der Waals surface area contributed by atoms with Crippen LogP contribution >= 0.6 is 0 Å². The summed E-state index contributed by atoms with van der Waals surface area (Å²) in [7, 11) is 4.47. The Bertz CT molecular complexity index is 239. The minimum Gasteiger partial charge on any atom is -0.456 e. The van der Waals surface area contributed by atoms with Crippen molar-refractivity contribution < 1.29 is 4.48 Å². The van der Waals surface area contributed by atoms with Gasteiger partial charge in [-0.25, -0.2) is 0 Å². The standard InChI is InChI=1S/C12H19N/c1-4-10-13(2,3)11-12-8-6-5-7-9-12/h5-10H,4,11H2,1-3H3. The number of hydrogen-bond donors (Lipinski definition) is 0. The van der Waals surface area contributed by atoms with Crippen molar-refractivity contribution in [2.45, 2.75) is 19.9 Å². The van der Waals surface area contributed by atoms with Gasteiger partial charge in [0.15, 0.2) is 0 Å². The first kappa shape index (κ1) is 10.3. The molecule has 0 aliphatic rings. The second-order valence-corrected chi connectivity index (χ2v) is 4.01. The van der Waals surface area contributed by atoms with Crippen molar-refractivity contribution >= 4 is 0 Å². The molecule has 0 saturated heterocycles. The highest BCUT2D eigenvalue weighted by molar-refractivity contribution is 5.13. The Morgan fingerprint density at radius 3 is 2.31 bits per heavy atom. The first-order valence-corrected chi connectivity index (χ1v) is 4.85. The van der Waals surface area contributed by atoms with Crippen LogP contribution in [-0.2, 0) is 6.54 Å². The minimum atomic E-state index is 0.959. The van der Waals surface area contributed by atoms with E-state index in [-0.39, 0.29) is 0 Å². The average Bonchev–Trinajstić information content (AvgIpc) is 2.04. The molecule has 0 spiro atoms. The summed E-state index contributed by atoms with van der Waals surface area (Å²) in [5.41, 5.74) is 1.40. The van der Waals surface area contributed by atoms with Gasteiger partial charge in [0, 0.05) is 19.7 Å². The maximum atomic E-state index is 2.33. The zero-order valence-electron chi connectivity index (χ0n) is 8.83. The lowest BCUT2D eigenvalue weighted by molar-refractivity contribution is -0.874. The van der Waals surface area contributed by atoms with E-state index in [1.165, 1.54) is 5.56 Å². The van der Waals surface area contributed by atoms with Crippen LogP contribution in [-0.4, -0.2) is 18.6 Å². The van der Waals surface area contributed by atoms with Crippen LogP contribution < -0.4 is 0 Å². The van der Waals surface area contributed by atoms with Gasteiger partial charge >= 0.3 is 0 Å². The topological polar surface area (TPSA) is 0 Å². The summed E-state index contributed by atoms with van der Waals surface area (Å²) < 4.78 is 0.959. The highest BCUT2D eigenvalue weighted by Gasteiger charge is 2.05. The third-order valence-electron chi connectivity index (χ3n) is 2.11. The minimum absolute atomic E-state index is 0.959. The molecule has 0 bridgehead atoms. The molecule has 0 unspecified atom stereocenters. The lowest BCUT2D eigenvalue weighted by Gasteiger charge is -2.39. The zero-order chi connectivity index (χ0) is 9.73. The van der Waals surface area contributed by atoms with Gasteiger partial charge in [-0.2, -0.15) is 0 Å². The van der Waals surface area contributed by atoms with E-state index < -0.39 is 0 Å². The quantitative estimate of drug-likeness (QED) is 0.490. The normalized spacial score (nSPS) is 11.6.